The molecule has 0 bridgehead atoms. The Morgan fingerprint density at radius 1 is 1.38 bits per heavy atom. The molecule has 130 valence electrons. The molecule has 2 atom stereocenters. The molecule has 0 aromatic heterocycles. The second kappa shape index (κ2) is 5.92. The second-order valence-corrected chi connectivity index (χ2v) is 7.54. The molecule has 0 aliphatic carbocycles. The van der Waals surface area contributed by atoms with Crippen LogP contribution in [0.1, 0.15) is 54.8 Å². The number of ketones is 1. The Morgan fingerprint density at radius 2 is 2.00 bits per heavy atom. The van der Waals surface area contributed by atoms with Crippen LogP contribution in [0.25, 0.3) is 0 Å². The van der Waals surface area contributed by atoms with Gasteiger partial charge in [-0.1, -0.05) is 26.8 Å². The summed E-state index contributed by atoms with van der Waals surface area (Å²) in [5, 5.41) is 9.58. The molecule has 1 heterocycles. The molecule has 2 unspecified atom stereocenters. The van der Waals surface area contributed by atoms with Crippen LogP contribution in [0.4, 0.5) is 10.5 Å². The first-order valence-corrected chi connectivity index (χ1v) is 7.94. The van der Waals surface area contributed by atoms with Crippen molar-refractivity contribution >= 4 is 23.9 Å². The maximum absolute atomic E-state index is 13.3. The average Bonchev–Trinajstić information content (AvgIpc) is 2.85. The monoisotopic (exact) mass is 332 g/mol. The Morgan fingerprint density at radius 3 is 2.50 bits per heavy atom. The van der Waals surface area contributed by atoms with Gasteiger partial charge in [0.15, 0.2) is 12.1 Å². The number of aldehydes is 1. The van der Waals surface area contributed by atoms with Gasteiger partial charge in [-0.05, 0) is 36.8 Å². The van der Waals surface area contributed by atoms with E-state index in [4.69, 9.17) is 5.73 Å². The number of carbonyl (C=O) groups is 3. The maximum Gasteiger partial charge on any atom is 0.408 e. The van der Waals surface area contributed by atoms with E-state index in [0.717, 1.165) is 0 Å². The van der Waals surface area contributed by atoms with E-state index in [0.29, 0.717) is 19.3 Å². The van der Waals surface area contributed by atoms with Gasteiger partial charge in [-0.3, -0.25) is 14.5 Å². The first-order valence-electron chi connectivity index (χ1n) is 7.94. The minimum atomic E-state index is -1.22. The number of carboxylic acid groups (broad SMARTS) is 1. The SMILES string of the molecule is CC(C)(C)C1CCN(C(=O)O)C1(C)C(=O)c1cccc(C=O)c1N. The van der Waals surface area contributed by atoms with Crippen molar-refractivity contribution in [2.45, 2.75) is 39.7 Å². The van der Waals surface area contributed by atoms with Gasteiger partial charge in [-0.15, -0.1) is 0 Å². The molecule has 1 aliphatic rings. The smallest absolute Gasteiger partial charge is 0.408 e. The predicted molar refractivity (Wildman–Crippen MR) is 91.3 cm³/mol. The number of nitrogen functional groups attached to an aromatic ring is 1. The number of amides is 1. The van der Waals surface area contributed by atoms with Crippen LogP contribution >= 0.6 is 0 Å². The predicted octanol–water partition coefficient (Wildman–Crippen LogP) is 3.07. The summed E-state index contributed by atoms with van der Waals surface area (Å²) in [6.45, 7) is 7.96. The number of benzene rings is 1. The molecule has 1 aromatic rings. The number of anilines is 1. The Labute approximate surface area is 141 Å². The molecule has 0 spiro atoms. The minimum Gasteiger partial charge on any atom is -0.465 e. The first kappa shape index (κ1) is 18.0. The van der Waals surface area contributed by atoms with Crippen LogP contribution in [0.5, 0.6) is 0 Å². The van der Waals surface area contributed by atoms with Crippen LogP contribution < -0.4 is 5.73 Å². The van der Waals surface area contributed by atoms with E-state index in [1.165, 1.54) is 11.0 Å². The second-order valence-electron chi connectivity index (χ2n) is 7.54. The zero-order valence-electron chi connectivity index (χ0n) is 14.5. The Kier molecular flexibility index (Phi) is 4.44. The fraction of sp³-hybridized carbons (Fsp3) is 0.500. The summed E-state index contributed by atoms with van der Waals surface area (Å²) in [4.78, 5) is 37.4. The lowest BCUT2D eigenvalue weighted by Gasteiger charge is -2.42. The highest BCUT2D eigenvalue weighted by atomic mass is 16.4. The zero-order chi connectivity index (χ0) is 18.3. The average molecular weight is 332 g/mol. The molecular formula is C18H24N2O4. The summed E-state index contributed by atoms with van der Waals surface area (Å²) in [6, 6.07) is 4.67. The fourth-order valence-corrected chi connectivity index (χ4v) is 3.97. The van der Waals surface area contributed by atoms with Crippen molar-refractivity contribution in [1.82, 2.24) is 4.90 Å². The minimum absolute atomic E-state index is 0.101. The van der Waals surface area contributed by atoms with Crippen molar-refractivity contribution in [2.24, 2.45) is 11.3 Å². The molecule has 1 aromatic carbocycles. The van der Waals surface area contributed by atoms with Crippen molar-refractivity contribution < 1.29 is 19.5 Å². The number of nitrogens with two attached hydrogens (primary N) is 1. The lowest BCUT2D eigenvalue weighted by molar-refractivity contribution is 0.0441. The third kappa shape index (κ3) is 2.66. The zero-order valence-corrected chi connectivity index (χ0v) is 14.5. The van der Waals surface area contributed by atoms with Gasteiger partial charge < -0.3 is 10.8 Å². The van der Waals surface area contributed by atoms with E-state index in [1.807, 2.05) is 20.8 Å². The quantitative estimate of drug-likeness (QED) is 0.503. The molecule has 6 heteroatoms. The van der Waals surface area contributed by atoms with E-state index < -0.39 is 11.6 Å². The topological polar surface area (TPSA) is 101 Å². The lowest BCUT2D eigenvalue weighted by atomic mass is 9.67. The van der Waals surface area contributed by atoms with Crippen molar-refractivity contribution in [1.29, 1.82) is 0 Å². The number of para-hydroxylation sites is 1. The van der Waals surface area contributed by atoms with Crippen LogP contribution in [-0.4, -0.2) is 40.3 Å². The molecule has 1 saturated heterocycles. The van der Waals surface area contributed by atoms with Gasteiger partial charge in [0.25, 0.3) is 0 Å². The third-order valence-corrected chi connectivity index (χ3v) is 5.13. The molecular weight excluding hydrogens is 308 g/mol. The van der Waals surface area contributed by atoms with E-state index in [-0.39, 0.29) is 33.9 Å². The number of nitrogens with zero attached hydrogens (tertiary/aromatic N) is 1. The molecule has 0 saturated carbocycles. The number of likely N-dealkylation sites (tertiary alicyclic amines) is 1. The molecule has 0 radical (unpaired) electrons. The number of hydrogen-bond acceptors (Lipinski definition) is 4. The van der Waals surface area contributed by atoms with Gasteiger partial charge in [0.1, 0.15) is 5.54 Å². The standard InChI is InChI=1S/C18H24N2O4/c1-17(2,3)13-8-9-20(16(23)24)18(13,4)15(22)12-7-5-6-11(10-21)14(12)19/h5-7,10,13H,8-9,19H2,1-4H3,(H,23,24). The van der Waals surface area contributed by atoms with Gasteiger partial charge in [-0.2, -0.15) is 0 Å². The van der Waals surface area contributed by atoms with Crippen LogP contribution in [0.15, 0.2) is 18.2 Å². The molecule has 24 heavy (non-hydrogen) atoms. The number of rotatable bonds is 3. The van der Waals surface area contributed by atoms with Gasteiger partial charge in [-0.25, -0.2) is 4.79 Å². The van der Waals surface area contributed by atoms with Crippen LogP contribution in [0.3, 0.4) is 0 Å². The summed E-state index contributed by atoms with van der Waals surface area (Å²) in [7, 11) is 0. The van der Waals surface area contributed by atoms with Gasteiger partial charge in [0.05, 0.1) is 5.69 Å². The Bertz CT molecular complexity index is 693. The summed E-state index contributed by atoms with van der Waals surface area (Å²) in [5.41, 5.74) is 5.03. The van der Waals surface area contributed by atoms with Crippen LogP contribution in [-0.2, 0) is 0 Å². The molecule has 2 rings (SSSR count). The van der Waals surface area contributed by atoms with Gasteiger partial charge in [0, 0.05) is 17.7 Å². The third-order valence-electron chi connectivity index (χ3n) is 5.13. The summed E-state index contributed by atoms with van der Waals surface area (Å²) in [6.07, 6.45) is 0.0765. The highest BCUT2D eigenvalue weighted by Crippen LogP contribution is 2.47. The highest BCUT2D eigenvalue weighted by Gasteiger charge is 2.56. The van der Waals surface area contributed by atoms with E-state index in [2.05, 4.69) is 0 Å². The highest BCUT2D eigenvalue weighted by molar-refractivity contribution is 6.10. The Balaban J connectivity index is 2.61. The molecule has 3 N–H and O–H groups in total. The molecule has 1 fully saturated rings. The van der Waals surface area contributed by atoms with Gasteiger partial charge >= 0.3 is 6.09 Å². The first-order chi connectivity index (χ1) is 11.0. The van der Waals surface area contributed by atoms with E-state index in [1.54, 1.807) is 19.1 Å². The number of hydrogen-bond donors (Lipinski definition) is 2. The Hall–Kier alpha value is -2.37. The molecule has 1 amide bonds. The number of carbonyl (C=O) groups excluding carboxylic acids is 2. The van der Waals surface area contributed by atoms with Crippen LogP contribution in [0, 0.1) is 11.3 Å². The molecule has 1 aliphatic heterocycles. The lowest BCUT2D eigenvalue weighted by Crippen LogP contribution is -2.56. The summed E-state index contributed by atoms with van der Waals surface area (Å²) >= 11 is 0. The van der Waals surface area contributed by atoms with E-state index in [9.17, 15) is 19.5 Å². The van der Waals surface area contributed by atoms with Crippen molar-refractivity contribution in [2.75, 3.05) is 12.3 Å². The maximum atomic E-state index is 13.3. The van der Waals surface area contributed by atoms with Crippen LogP contribution in [0.2, 0.25) is 0 Å². The van der Waals surface area contributed by atoms with Crippen molar-refractivity contribution in [3.8, 4) is 0 Å². The van der Waals surface area contributed by atoms with Gasteiger partial charge in [0.2, 0.25) is 0 Å². The van der Waals surface area contributed by atoms with E-state index >= 15 is 0 Å². The summed E-state index contributed by atoms with van der Waals surface area (Å²) < 4.78 is 0. The normalized spacial score (nSPS) is 24.0. The number of Topliss-reactive ketones (excluding diaryl/α,β-unsaturated/α-hetero) is 1. The van der Waals surface area contributed by atoms with Crippen molar-refractivity contribution in [3.63, 3.8) is 0 Å². The fourth-order valence-electron chi connectivity index (χ4n) is 3.97. The largest absolute Gasteiger partial charge is 0.465 e. The molecule has 6 nitrogen and oxygen atoms in total. The summed E-state index contributed by atoms with van der Waals surface area (Å²) in [5.74, 6) is -0.517. The van der Waals surface area contributed by atoms with Crippen molar-refractivity contribution in [3.05, 3.63) is 29.3 Å².